The molecule has 2 unspecified atom stereocenters. The molecule has 8 heteroatoms. The number of rotatable bonds is 7. The van der Waals surface area contributed by atoms with Crippen LogP contribution in [0.4, 0.5) is 13.2 Å². The highest BCUT2D eigenvalue weighted by Gasteiger charge is 2.62. The number of ether oxygens (including phenoxy) is 2. The maximum atomic E-state index is 13.9. The van der Waals surface area contributed by atoms with Crippen LogP contribution in [0.2, 0.25) is 19.6 Å². The minimum Gasteiger partial charge on any atom is -0.453 e. The summed E-state index contributed by atoms with van der Waals surface area (Å²) in [6.07, 6.45) is -6.27. The first-order valence-electron chi connectivity index (χ1n) is 7.57. The van der Waals surface area contributed by atoms with Gasteiger partial charge < -0.3 is 13.9 Å². The van der Waals surface area contributed by atoms with Crippen molar-refractivity contribution in [3.63, 3.8) is 0 Å². The Kier molecular flexibility index (Phi) is 6.60. The van der Waals surface area contributed by atoms with Crippen molar-refractivity contribution >= 4 is 14.3 Å². The predicted molar refractivity (Wildman–Crippen MR) is 90.3 cm³/mol. The summed E-state index contributed by atoms with van der Waals surface area (Å²) in [5.74, 6) is -3.82. The van der Waals surface area contributed by atoms with Crippen LogP contribution in [0.25, 0.3) is 0 Å². The molecule has 0 heterocycles. The fourth-order valence-corrected chi connectivity index (χ4v) is 3.52. The molecule has 0 spiro atoms. The number of halogens is 3. The van der Waals surface area contributed by atoms with Crippen LogP contribution in [0, 0.1) is 0 Å². The second kappa shape index (κ2) is 7.71. The van der Waals surface area contributed by atoms with Crippen LogP contribution in [0.15, 0.2) is 42.5 Å². The zero-order chi connectivity index (χ0) is 19.5. The van der Waals surface area contributed by atoms with Gasteiger partial charge in [-0.3, -0.25) is 4.79 Å². The molecular formula is C17H23F3O4Si. The lowest BCUT2D eigenvalue weighted by atomic mass is 9.95. The van der Waals surface area contributed by atoms with Crippen LogP contribution in [-0.4, -0.2) is 33.4 Å². The number of hydrogen-bond donors (Lipinski definition) is 0. The van der Waals surface area contributed by atoms with E-state index in [1.165, 1.54) is 0 Å². The maximum Gasteiger partial charge on any atom is 0.447 e. The highest BCUT2D eigenvalue weighted by molar-refractivity contribution is 6.69. The van der Waals surface area contributed by atoms with E-state index < -0.39 is 37.9 Å². The van der Waals surface area contributed by atoms with Crippen molar-refractivity contribution in [2.24, 2.45) is 0 Å². The Labute approximate surface area is 146 Å². The second-order valence-corrected chi connectivity index (χ2v) is 10.9. The van der Waals surface area contributed by atoms with Crippen molar-refractivity contribution in [2.75, 3.05) is 7.11 Å². The number of esters is 1. The Balaban J connectivity index is 3.48. The number of carbonyl (C=O) groups excluding carboxylic acids is 1. The summed E-state index contributed by atoms with van der Waals surface area (Å²) in [4.78, 5) is 11.5. The van der Waals surface area contributed by atoms with Crippen molar-refractivity contribution < 1.29 is 31.9 Å². The van der Waals surface area contributed by atoms with E-state index in [4.69, 9.17) is 13.9 Å². The van der Waals surface area contributed by atoms with Crippen LogP contribution < -0.4 is 0 Å². The van der Waals surface area contributed by atoms with Gasteiger partial charge in [0.1, 0.15) is 0 Å². The van der Waals surface area contributed by atoms with E-state index in [2.05, 4.69) is 6.58 Å². The first-order valence-corrected chi connectivity index (χ1v) is 11.0. The van der Waals surface area contributed by atoms with E-state index >= 15 is 0 Å². The molecule has 4 nitrogen and oxygen atoms in total. The molecule has 1 aromatic rings. The average molecular weight is 376 g/mol. The lowest BCUT2D eigenvalue weighted by molar-refractivity contribution is -0.333. The summed E-state index contributed by atoms with van der Waals surface area (Å²) in [6, 6.07) is 8.04. The van der Waals surface area contributed by atoms with Gasteiger partial charge in [0.25, 0.3) is 5.79 Å². The molecule has 0 saturated carbocycles. The van der Waals surface area contributed by atoms with Gasteiger partial charge in [0.15, 0.2) is 14.4 Å². The van der Waals surface area contributed by atoms with E-state index in [1.54, 1.807) is 50.0 Å². The normalized spacial score (nSPS) is 16.0. The first-order chi connectivity index (χ1) is 11.3. The van der Waals surface area contributed by atoms with Crippen molar-refractivity contribution in [3.8, 4) is 0 Å². The second-order valence-electron chi connectivity index (χ2n) is 6.46. The lowest BCUT2D eigenvalue weighted by Gasteiger charge is -2.42. The minimum absolute atomic E-state index is 0.340. The largest absolute Gasteiger partial charge is 0.453 e. The fraction of sp³-hybridized carbons (Fsp3) is 0.471. The molecule has 0 aliphatic rings. The monoisotopic (exact) mass is 376 g/mol. The number of methoxy groups -OCH3 is 1. The Morgan fingerprint density at radius 1 is 1.16 bits per heavy atom. The zero-order valence-electron chi connectivity index (χ0n) is 14.9. The van der Waals surface area contributed by atoms with E-state index in [0.717, 1.165) is 14.0 Å². The average Bonchev–Trinajstić information content (AvgIpc) is 2.48. The third kappa shape index (κ3) is 5.16. The molecule has 25 heavy (non-hydrogen) atoms. The number of carbonyl (C=O) groups is 1. The van der Waals surface area contributed by atoms with E-state index in [0.29, 0.717) is 5.56 Å². The smallest absolute Gasteiger partial charge is 0.447 e. The van der Waals surface area contributed by atoms with Gasteiger partial charge in [-0.05, 0) is 25.2 Å². The topological polar surface area (TPSA) is 44.8 Å². The number of benzene rings is 1. The SMILES string of the molecule is C=C(C(OC(C)=O)c1ccccc1)C(OC)(O[Si](C)(C)C)C(F)(F)F. The Hall–Kier alpha value is -1.64. The Morgan fingerprint density at radius 3 is 2.04 bits per heavy atom. The van der Waals surface area contributed by atoms with Gasteiger partial charge in [0.2, 0.25) is 0 Å². The number of hydrogen-bond acceptors (Lipinski definition) is 4. The van der Waals surface area contributed by atoms with E-state index in [-0.39, 0.29) is 0 Å². The minimum atomic E-state index is -4.91. The van der Waals surface area contributed by atoms with Crippen LogP contribution in [0.1, 0.15) is 18.6 Å². The van der Waals surface area contributed by atoms with Crippen LogP contribution in [0.5, 0.6) is 0 Å². The Bertz CT molecular complexity index is 611. The lowest BCUT2D eigenvalue weighted by Crippen LogP contribution is -2.56. The van der Waals surface area contributed by atoms with Gasteiger partial charge >= 0.3 is 12.1 Å². The van der Waals surface area contributed by atoms with Gasteiger partial charge in [-0.2, -0.15) is 13.2 Å². The highest BCUT2D eigenvalue weighted by atomic mass is 28.4. The highest BCUT2D eigenvalue weighted by Crippen LogP contribution is 2.46. The molecule has 0 saturated heterocycles. The third-order valence-electron chi connectivity index (χ3n) is 3.24. The van der Waals surface area contributed by atoms with Crippen LogP contribution >= 0.6 is 0 Å². The van der Waals surface area contributed by atoms with Gasteiger partial charge in [-0.1, -0.05) is 36.9 Å². The molecule has 1 aromatic carbocycles. The molecule has 1 rings (SSSR count). The summed E-state index contributed by atoms with van der Waals surface area (Å²) >= 11 is 0. The number of alkyl halides is 3. The van der Waals surface area contributed by atoms with Crippen LogP contribution in [0.3, 0.4) is 0 Å². The van der Waals surface area contributed by atoms with Crippen molar-refractivity contribution in [2.45, 2.75) is 44.6 Å². The maximum absolute atomic E-state index is 13.9. The molecule has 140 valence electrons. The predicted octanol–water partition coefficient (Wildman–Crippen LogP) is 4.60. The molecule has 0 radical (unpaired) electrons. The molecule has 0 bridgehead atoms. The summed E-state index contributed by atoms with van der Waals surface area (Å²) in [7, 11) is -1.82. The molecule has 0 fully saturated rings. The molecule has 0 N–H and O–H groups in total. The first kappa shape index (κ1) is 21.4. The van der Waals surface area contributed by atoms with Crippen molar-refractivity contribution in [1.82, 2.24) is 0 Å². The fourth-order valence-electron chi connectivity index (χ4n) is 2.33. The van der Waals surface area contributed by atoms with E-state index in [9.17, 15) is 18.0 Å². The van der Waals surface area contributed by atoms with Gasteiger partial charge in [0.05, 0.1) is 0 Å². The standard InChI is InChI=1S/C17H23F3O4Si/c1-12(15(23-13(2)21)14-10-8-7-9-11-14)16(22-3,17(18,19)20)24-25(4,5)6/h7-11,15H,1H2,2-6H3. The van der Waals surface area contributed by atoms with Crippen LogP contribution in [-0.2, 0) is 18.7 Å². The summed E-state index contributed by atoms with van der Waals surface area (Å²) in [5, 5.41) is 0. The Morgan fingerprint density at radius 2 is 1.68 bits per heavy atom. The van der Waals surface area contributed by atoms with Gasteiger partial charge in [-0.25, -0.2) is 0 Å². The van der Waals surface area contributed by atoms with Crippen molar-refractivity contribution in [1.29, 1.82) is 0 Å². The van der Waals surface area contributed by atoms with Gasteiger partial charge in [-0.15, -0.1) is 0 Å². The summed E-state index contributed by atoms with van der Waals surface area (Å²) in [5.41, 5.74) is -0.195. The molecule has 0 aliphatic heterocycles. The van der Waals surface area contributed by atoms with Crippen molar-refractivity contribution in [3.05, 3.63) is 48.0 Å². The zero-order valence-corrected chi connectivity index (χ0v) is 15.9. The quantitative estimate of drug-likeness (QED) is 0.302. The molecule has 2 atom stereocenters. The molecule has 0 aliphatic carbocycles. The molecule has 0 amide bonds. The van der Waals surface area contributed by atoms with E-state index in [1.807, 2.05) is 0 Å². The van der Waals surface area contributed by atoms with Gasteiger partial charge in [0, 0.05) is 19.6 Å². The third-order valence-corrected chi connectivity index (χ3v) is 4.14. The molecular weight excluding hydrogens is 353 g/mol. The molecule has 0 aromatic heterocycles. The summed E-state index contributed by atoms with van der Waals surface area (Å²) < 4.78 is 57.2. The summed E-state index contributed by atoms with van der Waals surface area (Å²) in [6.45, 7) is 9.47.